The molecule has 0 spiro atoms. The molecular weight excluding hydrogens is 365 g/mol. The van der Waals surface area contributed by atoms with E-state index in [1.54, 1.807) is 0 Å². The van der Waals surface area contributed by atoms with Crippen molar-refractivity contribution in [3.8, 4) is 0 Å². The molecule has 4 nitrogen and oxygen atoms in total. The Labute approximate surface area is 146 Å². The van der Waals surface area contributed by atoms with Crippen molar-refractivity contribution in [2.75, 3.05) is 19.6 Å². The smallest absolute Gasteiger partial charge is 0.316 e. The fourth-order valence-corrected chi connectivity index (χ4v) is 4.04. The maximum absolute atomic E-state index is 12.6. The van der Waals surface area contributed by atoms with E-state index in [1.165, 1.54) is 6.92 Å². The maximum Gasteiger partial charge on any atom is 0.416 e. The molecule has 0 radical (unpaired) electrons. The van der Waals surface area contributed by atoms with Crippen molar-refractivity contribution in [2.24, 2.45) is 5.92 Å². The van der Waals surface area contributed by atoms with Gasteiger partial charge in [0, 0.05) is 6.54 Å². The van der Waals surface area contributed by atoms with Crippen LogP contribution in [0, 0.1) is 12.8 Å². The van der Waals surface area contributed by atoms with Crippen LogP contribution >= 0.6 is 12.4 Å². The van der Waals surface area contributed by atoms with Crippen LogP contribution in [0.5, 0.6) is 0 Å². The van der Waals surface area contributed by atoms with Crippen LogP contribution in [0.3, 0.4) is 0 Å². The molecule has 1 aromatic rings. The number of benzene rings is 1. The third-order valence-corrected chi connectivity index (χ3v) is 5.66. The molecule has 9 heteroatoms. The van der Waals surface area contributed by atoms with E-state index in [2.05, 4.69) is 10.0 Å². The number of hydrogen-bond acceptors (Lipinski definition) is 3. The van der Waals surface area contributed by atoms with E-state index in [4.69, 9.17) is 0 Å². The third-order valence-electron chi connectivity index (χ3n) is 4.04. The minimum Gasteiger partial charge on any atom is -0.316 e. The first-order chi connectivity index (χ1) is 10.7. The second kappa shape index (κ2) is 8.51. The fourth-order valence-electron chi connectivity index (χ4n) is 2.77. The number of hydrogen-bond donors (Lipinski definition) is 2. The van der Waals surface area contributed by atoms with Crippen LogP contribution < -0.4 is 10.0 Å². The van der Waals surface area contributed by atoms with Gasteiger partial charge in [0.1, 0.15) is 0 Å². The average molecular weight is 387 g/mol. The van der Waals surface area contributed by atoms with Gasteiger partial charge in [0.25, 0.3) is 0 Å². The average Bonchev–Trinajstić information content (AvgIpc) is 2.47. The van der Waals surface area contributed by atoms with Crippen LogP contribution in [-0.4, -0.2) is 28.1 Å². The summed E-state index contributed by atoms with van der Waals surface area (Å²) in [5.74, 6) is 0.431. The highest BCUT2D eigenvalue weighted by Gasteiger charge is 2.31. The molecule has 1 aliphatic heterocycles. The number of halogens is 4. The Bertz CT molecular complexity index is 645. The number of aryl methyl sites for hydroxylation is 1. The molecule has 0 bridgehead atoms. The van der Waals surface area contributed by atoms with Crippen molar-refractivity contribution in [1.29, 1.82) is 0 Å². The zero-order valence-corrected chi connectivity index (χ0v) is 15.0. The lowest BCUT2D eigenvalue weighted by Gasteiger charge is -2.22. The maximum atomic E-state index is 12.6. The third kappa shape index (κ3) is 5.61. The molecule has 0 aromatic heterocycles. The molecule has 0 aliphatic carbocycles. The molecule has 1 saturated heterocycles. The van der Waals surface area contributed by atoms with Crippen LogP contribution in [0.4, 0.5) is 13.2 Å². The van der Waals surface area contributed by atoms with Gasteiger partial charge in [-0.3, -0.25) is 0 Å². The minimum atomic E-state index is -4.48. The molecule has 2 N–H and O–H groups in total. The van der Waals surface area contributed by atoms with E-state index < -0.39 is 21.8 Å². The quantitative estimate of drug-likeness (QED) is 0.817. The summed E-state index contributed by atoms with van der Waals surface area (Å²) < 4.78 is 64.9. The van der Waals surface area contributed by atoms with Gasteiger partial charge in [-0.1, -0.05) is 0 Å². The molecule has 1 aliphatic rings. The van der Waals surface area contributed by atoms with Crippen LogP contribution in [-0.2, 0) is 16.2 Å². The van der Waals surface area contributed by atoms with Crippen LogP contribution in [0.25, 0.3) is 0 Å². The van der Waals surface area contributed by atoms with Crippen LogP contribution in [0.15, 0.2) is 23.1 Å². The Hall–Kier alpha value is -0.830. The van der Waals surface area contributed by atoms with Crippen molar-refractivity contribution in [2.45, 2.75) is 37.3 Å². The first-order valence-corrected chi connectivity index (χ1v) is 9.07. The summed E-state index contributed by atoms with van der Waals surface area (Å²) in [5, 5.41) is 3.26. The highest BCUT2D eigenvalue weighted by Crippen LogP contribution is 2.31. The van der Waals surface area contributed by atoms with E-state index in [9.17, 15) is 21.6 Å². The number of nitrogens with one attached hydrogen (secondary N) is 2. The van der Waals surface area contributed by atoms with Gasteiger partial charge >= 0.3 is 6.18 Å². The van der Waals surface area contributed by atoms with Crippen molar-refractivity contribution >= 4 is 22.4 Å². The van der Waals surface area contributed by atoms with Gasteiger partial charge in [0.2, 0.25) is 10.0 Å². The van der Waals surface area contributed by atoms with Gasteiger partial charge in [-0.25, -0.2) is 13.1 Å². The van der Waals surface area contributed by atoms with Crippen molar-refractivity contribution < 1.29 is 21.6 Å². The van der Waals surface area contributed by atoms with Gasteiger partial charge in [-0.15, -0.1) is 12.4 Å². The minimum absolute atomic E-state index is 0. The highest BCUT2D eigenvalue weighted by molar-refractivity contribution is 7.89. The summed E-state index contributed by atoms with van der Waals surface area (Å²) in [6.07, 6.45) is -1.62. The monoisotopic (exact) mass is 386 g/mol. The van der Waals surface area contributed by atoms with E-state index in [1.807, 2.05) is 0 Å². The molecule has 1 unspecified atom stereocenters. The summed E-state index contributed by atoms with van der Waals surface area (Å²) in [7, 11) is -3.79. The van der Waals surface area contributed by atoms with E-state index in [0.29, 0.717) is 12.3 Å². The standard InChI is InChI=1S/C15H21F3N2O2S.ClH/c1-11-9-13(15(16,17)18)4-5-14(11)23(21,22)20-8-6-12-3-2-7-19-10-12;/h4-5,9,12,19-20H,2-3,6-8,10H2,1H3;1H. The second-order valence-electron chi connectivity index (χ2n) is 5.88. The van der Waals surface area contributed by atoms with Gasteiger partial charge < -0.3 is 5.32 Å². The molecule has 1 heterocycles. The number of alkyl halides is 3. The Balaban J connectivity index is 0.00000288. The fraction of sp³-hybridized carbons (Fsp3) is 0.600. The Morgan fingerprint density at radius 1 is 1.33 bits per heavy atom. The summed E-state index contributed by atoms with van der Waals surface area (Å²) in [6, 6.07) is 2.68. The lowest BCUT2D eigenvalue weighted by Crippen LogP contribution is -2.33. The molecule has 1 fully saturated rings. The zero-order valence-electron chi connectivity index (χ0n) is 13.3. The number of piperidine rings is 1. The normalized spacial score (nSPS) is 18.9. The summed E-state index contributed by atoms with van der Waals surface area (Å²) >= 11 is 0. The predicted molar refractivity (Wildman–Crippen MR) is 88.8 cm³/mol. The summed E-state index contributed by atoms with van der Waals surface area (Å²) in [4.78, 5) is -0.104. The summed E-state index contributed by atoms with van der Waals surface area (Å²) in [6.45, 7) is 3.53. The molecule has 0 amide bonds. The lowest BCUT2D eigenvalue weighted by molar-refractivity contribution is -0.137. The first-order valence-electron chi connectivity index (χ1n) is 7.58. The van der Waals surface area contributed by atoms with Crippen molar-refractivity contribution in [1.82, 2.24) is 10.0 Å². The van der Waals surface area contributed by atoms with E-state index in [-0.39, 0.29) is 29.4 Å². The van der Waals surface area contributed by atoms with Crippen molar-refractivity contribution in [3.05, 3.63) is 29.3 Å². The molecule has 1 atom stereocenters. The zero-order chi connectivity index (χ0) is 17.1. The van der Waals surface area contributed by atoms with Crippen LogP contribution in [0.2, 0.25) is 0 Å². The molecular formula is C15H22ClF3N2O2S. The van der Waals surface area contributed by atoms with Gasteiger partial charge in [-0.05, 0) is 69.0 Å². The molecule has 24 heavy (non-hydrogen) atoms. The number of rotatable bonds is 5. The molecule has 138 valence electrons. The van der Waals surface area contributed by atoms with Gasteiger partial charge in [0.05, 0.1) is 10.5 Å². The topological polar surface area (TPSA) is 58.2 Å². The van der Waals surface area contributed by atoms with Crippen LogP contribution in [0.1, 0.15) is 30.4 Å². The summed E-state index contributed by atoms with van der Waals surface area (Å²) in [5.41, 5.74) is -0.756. The number of sulfonamides is 1. The lowest BCUT2D eigenvalue weighted by atomic mass is 9.96. The largest absolute Gasteiger partial charge is 0.416 e. The second-order valence-corrected chi connectivity index (χ2v) is 7.61. The van der Waals surface area contributed by atoms with E-state index >= 15 is 0 Å². The highest BCUT2D eigenvalue weighted by atomic mass is 35.5. The molecule has 0 saturated carbocycles. The SMILES string of the molecule is Cc1cc(C(F)(F)F)ccc1S(=O)(=O)NCCC1CCCNC1.Cl. The van der Waals surface area contributed by atoms with Gasteiger partial charge in [-0.2, -0.15) is 13.2 Å². The Morgan fingerprint density at radius 2 is 2.04 bits per heavy atom. The Kier molecular flexibility index (Phi) is 7.52. The molecule has 2 rings (SSSR count). The predicted octanol–water partition coefficient (Wildman–Crippen LogP) is 3.10. The van der Waals surface area contributed by atoms with E-state index in [0.717, 1.165) is 44.1 Å². The first kappa shape index (κ1) is 21.2. The van der Waals surface area contributed by atoms with Gasteiger partial charge in [0.15, 0.2) is 0 Å². The Morgan fingerprint density at radius 3 is 2.58 bits per heavy atom. The van der Waals surface area contributed by atoms with Crippen molar-refractivity contribution in [3.63, 3.8) is 0 Å². The molecule has 1 aromatic carbocycles.